The molecule has 1 aromatic rings. The lowest BCUT2D eigenvalue weighted by atomic mass is 9.78. The maximum atomic E-state index is 12.3. The molecule has 0 aromatic heterocycles. The maximum absolute atomic E-state index is 12.3. The molecule has 0 aliphatic carbocycles. The molecule has 0 spiro atoms. The van der Waals surface area contributed by atoms with E-state index < -0.39 is 0 Å². The highest BCUT2D eigenvalue weighted by Gasteiger charge is 2.35. The summed E-state index contributed by atoms with van der Waals surface area (Å²) in [6.45, 7) is 13.5. The number of phenols is 1. The molecule has 1 aliphatic heterocycles. The van der Waals surface area contributed by atoms with E-state index in [1.807, 2.05) is 4.90 Å². The normalized spacial score (nSPS) is 18.9. The highest BCUT2D eigenvalue weighted by Crippen LogP contribution is 2.45. The number of halogens is 1. The molecule has 1 N–H and O–H groups in total. The zero-order chi connectivity index (χ0) is 19.0. The SMILES string of the molecule is CC(C)(C)c1cc([C@H]2SCC(=O)N2CCCBr)cc(C(C)(C)C)c1O. The van der Waals surface area contributed by atoms with Crippen LogP contribution in [0.4, 0.5) is 0 Å². The number of phenolic OH excluding ortho intramolecular Hbond substituents is 1. The van der Waals surface area contributed by atoms with Crippen molar-refractivity contribution in [3.63, 3.8) is 0 Å². The van der Waals surface area contributed by atoms with Crippen molar-refractivity contribution in [1.29, 1.82) is 0 Å². The summed E-state index contributed by atoms with van der Waals surface area (Å²) < 4.78 is 0. The van der Waals surface area contributed by atoms with E-state index in [0.717, 1.165) is 35.0 Å². The molecule has 1 aromatic carbocycles. The van der Waals surface area contributed by atoms with Gasteiger partial charge in [-0.25, -0.2) is 0 Å². The number of nitrogens with zero attached hydrogens (tertiary/aromatic N) is 1. The van der Waals surface area contributed by atoms with Crippen molar-refractivity contribution in [3.8, 4) is 5.75 Å². The Balaban J connectivity index is 2.55. The number of benzene rings is 1. The van der Waals surface area contributed by atoms with E-state index in [2.05, 4.69) is 69.6 Å². The number of rotatable bonds is 4. The summed E-state index contributed by atoms with van der Waals surface area (Å²) >= 11 is 5.15. The summed E-state index contributed by atoms with van der Waals surface area (Å²) in [5, 5.41) is 11.8. The maximum Gasteiger partial charge on any atom is 0.233 e. The minimum absolute atomic E-state index is 0.0364. The average Bonchev–Trinajstić information content (AvgIpc) is 2.84. The van der Waals surface area contributed by atoms with Gasteiger partial charge in [0.25, 0.3) is 0 Å². The van der Waals surface area contributed by atoms with Crippen LogP contribution in [-0.4, -0.2) is 33.5 Å². The van der Waals surface area contributed by atoms with E-state index in [4.69, 9.17) is 0 Å². The van der Waals surface area contributed by atoms with Gasteiger partial charge in [0.15, 0.2) is 0 Å². The average molecular weight is 428 g/mol. The second-order valence-corrected chi connectivity index (χ2v) is 10.6. The van der Waals surface area contributed by atoms with E-state index in [1.54, 1.807) is 11.8 Å². The summed E-state index contributed by atoms with van der Waals surface area (Å²) in [6.07, 6.45) is 0.944. The van der Waals surface area contributed by atoms with Crippen molar-refractivity contribution in [2.24, 2.45) is 0 Å². The van der Waals surface area contributed by atoms with Crippen LogP contribution in [0.2, 0.25) is 0 Å². The molecule has 0 radical (unpaired) electrons. The zero-order valence-electron chi connectivity index (χ0n) is 16.1. The Morgan fingerprint density at radius 2 is 1.68 bits per heavy atom. The molecular weight excluding hydrogens is 398 g/mol. The van der Waals surface area contributed by atoms with Gasteiger partial charge in [-0.2, -0.15) is 0 Å². The van der Waals surface area contributed by atoms with Crippen LogP contribution in [0.1, 0.15) is 70.0 Å². The molecule has 1 heterocycles. The van der Waals surface area contributed by atoms with Crippen molar-refractivity contribution in [1.82, 2.24) is 4.90 Å². The van der Waals surface area contributed by atoms with E-state index in [0.29, 0.717) is 11.5 Å². The van der Waals surface area contributed by atoms with Gasteiger partial charge in [-0.15, -0.1) is 11.8 Å². The van der Waals surface area contributed by atoms with Crippen molar-refractivity contribution in [2.45, 2.75) is 64.2 Å². The van der Waals surface area contributed by atoms with Crippen LogP contribution in [0.25, 0.3) is 0 Å². The van der Waals surface area contributed by atoms with Crippen LogP contribution in [-0.2, 0) is 15.6 Å². The molecule has 0 unspecified atom stereocenters. The van der Waals surface area contributed by atoms with Crippen LogP contribution < -0.4 is 0 Å². The third kappa shape index (κ3) is 4.54. The van der Waals surface area contributed by atoms with Gasteiger partial charge in [-0.1, -0.05) is 57.5 Å². The second kappa shape index (κ2) is 7.51. The Labute approximate surface area is 164 Å². The van der Waals surface area contributed by atoms with Gasteiger partial charge < -0.3 is 10.0 Å². The molecule has 3 nitrogen and oxygen atoms in total. The van der Waals surface area contributed by atoms with Crippen LogP contribution in [0.5, 0.6) is 5.75 Å². The fourth-order valence-electron chi connectivity index (χ4n) is 3.14. The Kier molecular flexibility index (Phi) is 6.20. The van der Waals surface area contributed by atoms with Crippen LogP contribution in [0.15, 0.2) is 12.1 Å². The lowest BCUT2D eigenvalue weighted by molar-refractivity contribution is -0.128. The van der Waals surface area contributed by atoms with Gasteiger partial charge in [-0.05, 0) is 46.1 Å². The Morgan fingerprint density at radius 3 is 2.12 bits per heavy atom. The van der Waals surface area contributed by atoms with Crippen LogP contribution >= 0.6 is 27.7 Å². The van der Waals surface area contributed by atoms with Gasteiger partial charge in [0, 0.05) is 11.9 Å². The van der Waals surface area contributed by atoms with Crippen molar-refractivity contribution < 1.29 is 9.90 Å². The van der Waals surface area contributed by atoms with Gasteiger partial charge in [0.2, 0.25) is 5.91 Å². The van der Waals surface area contributed by atoms with Gasteiger partial charge in [-0.3, -0.25) is 4.79 Å². The lowest BCUT2D eigenvalue weighted by Gasteiger charge is -2.31. The molecule has 0 saturated carbocycles. The summed E-state index contributed by atoms with van der Waals surface area (Å²) in [5.41, 5.74) is 2.71. The number of hydrogen-bond donors (Lipinski definition) is 1. The predicted octanol–water partition coefficient (Wildman–Crippen LogP) is 5.35. The van der Waals surface area contributed by atoms with Crippen LogP contribution in [0, 0.1) is 0 Å². The summed E-state index contributed by atoms with van der Waals surface area (Å²) in [6, 6.07) is 4.20. The predicted molar refractivity (Wildman–Crippen MR) is 111 cm³/mol. The van der Waals surface area contributed by atoms with Crippen molar-refractivity contribution in [3.05, 3.63) is 28.8 Å². The van der Waals surface area contributed by atoms with E-state index in [9.17, 15) is 9.90 Å². The number of aromatic hydroxyl groups is 1. The highest BCUT2D eigenvalue weighted by molar-refractivity contribution is 9.09. The van der Waals surface area contributed by atoms with E-state index >= 15 is 0 Å². The smallest absolute Gasteiger partial charge is 0.233 e. The fourth-order valence-corrected chi connectivity index (χ4v) is 4.59. The molecule has 5 heteroatoms. The molecule has 0 bridgehead atoms. The standard InChI is InChI=1S/C20H30BrNO2S/c1-19(2,3)14-10-13(11-15(17(14)24)20(4,5)6)18-22(9-7-8-21)16(23)12-25-18/h10-11,18,24H,7-9,12H2,1-6H3/t18-/m1/s1. The third-order valence-corrected chi connectivity index (χ3v) is 6.35. The number of amides is 1. The topological polar surface area (TPSA) is 40.5 Å². The summed E-state index contributed by atoms with van der Waals surface area (Å²) in [7, 11) is 0. The number of hydrogen-bond acceptors (Lipinski definition) is 3. The number of thioether (sulfide) groups is 1. The summed E-state index contributed by atoms with van der Waals surface area (Å²) in [5.74, 6) is 1.13. The molecule has 25 heavy (non-hydrogen) atoms. The molecule has 2 rings (SSSR count). The first-order chi connectivity index (χ1) is 11.5. The molecule has 140 valence electrons. The quantitative estimate of drug-likeness (QED) is 0.658. The second-order valence-electron chi connectivity index (χ2n) is 8.76. The molecule has 1 atom stereocenters. The Bertz CT molecular complexity index is 611. The first-order valence-corrected chi connectivity index (χ1v) is 11.0. The Hall–Kier alpha value is -0.680. The zero-order valence-corrected chi connectivity index (χ0v) is 18.6. The third-order valence-electron chi connectivity index (χ3n) is 4.53. The minimum Gasteiger partial charge on any atom is -0.507 e. The molecular formula is C20H30BrNO2S. The monoisotopic (exact) mass is 427 g/mol. The van der Waals surface area contributed by atoms with Gasteiger partial charge >= 0.3 is 0 Å². The van der Waals surface area contributed by atoms with Gasteiger partial charge in [0.1, 0.15) is 11.1 Å². The molecule has 1 fully saturated rings. The highest BCUT2D eigenvalue weighted by atomic mass is 79.9. The van der Waals surface area contributed by atoms with E-state index in [1.165, 1.54) is 0 Å². The van der Waals surface area contributed by atoms with Crippen molar-refractivity contribution in [2.75, 3.05) is 17.6 Å². The number of alkyl halides is 1. The minimum atomic E-state index is -0.159. The first kappa shape index (κ1) is 20.6. The Morgan fingerprint density at radius 1 is 1.16 bits per heavy atom. The number of carbonyl (C=O) groups is 1. The van der Waals surface area contributed by atoms with Gasteiger partial charge in [0.05, 0.1) is 5.75 Å². The van der Waals surface area contributed by atoms with Crippen molar-refractivity contribution >= 4 is 33.6 Å². The summed E-state index contributed by atoms with van der Waals surface area (Å²) in [4.78, 5) is 14.3. The molecule has 1 saturated heterocycles. The first-order valence-electron chi connectivity index (χ1n) is 8.81. The largest absolute Gasteiger partial charge is 0.507 e. The molecule has 1 amide bonds. The molecule has 1 aliphatic rings. The van der Waals surface area contributed by atoms with E-state index in [-0.39, 0.29) is 22.1 Å². The number of carbonyl (C=O) groups excluding carboxylic acids is 1. The lowest BCUT2D eigenvalue weighted by Crippen LogP contribution is -2.30. The van der Waals surface area contributed by atoms with Crippen LogP contribution in [0.3, 0.4) is 0 Å². The fraction of sp³-hybridized carbons (Fsp3) is 0.650.